The molecular weight excluding hydrogens is 384 g/mol. The largest absolute Gasteiger partial charge is 0.505 e. The van der Waals surface area contributed by atoms with Gasteiger partial charge in [0.2, 0.25) is 11.8 Å². The normalized spacial score (nSPS) is 20.8. The van der Waals surface area contributed by atoms with Crippen molar-refractivity contribution in [1.82, 2.24) is 10.6 Å². The number of anilines is 2. The van der Waals surface area contributed by atoms with Crippen LogP contribution in [-0.2, 0) is 9.59 Å². The summed E-state index contributed by atoms with van der Waals surface area (Å²) in [6, 6.07) is 9.36. The monoisotopic (exact) mass is 410 g/mol. The van der Waals surface area contributed by atoms with Crippen LogP contribution in [0.3, 0.4) is 0 Å². The molecule has 0 radical (unpaired) electrons. The van der Waals surface area contributed by atoms with Crippen LogP contribution in [0, 0.1) is 0 Å². The predicted octanol–water partition coefficient (Wildman–Crippen LogP) is 2.15. The highest BCUT2D eigenvalue weighted by Crippen LogP contribution is 2.42. The van der Waals surface area contributed by atoms with Crippen LogP contribution < -0.4 is 21.3 Å². The molecule has 2 fully saturated rings. The summed E-state index contributed by atoms with van der Waals surface area (Å²) in [4.78, 5) is 24.8. The molecule has 4 rings (SSSR count). The number of carbonyl (C=O) groups is 2. The lowest BCUT2D eigenvalue weighted by atomic mass is 10.0. The van der Waals surface area contributed by atoms with Crippen molar-refractivity contribution in [3.8, 4) is 22.6 Å². The summed E-state index contributed by atoms with van der Waals surface area (Å²) in [6.07, 6.45) is 3.38. The van der Waals surface area contributed by atoms with E-state index in [0.717, 1.165) is 38.8 Å². The van der Waals surface area contributed by atoms with Crippen molar-refractivity contribution in [3.63, 3.8) is 0 Å². The summed E-state index contributed by atoms with van der Waals surface area (Å²) in [7, 11) is 0. The van der Waals surface area contributed by atoms with Crippen molar-refractivity contribution in [2.75, 3.05) is 23.7 Å². The first-order valence-electron chi connectivity index (χ1n) is 10.3. The third-order valence-electron chi connectivity index (χ3n) is 5.63. The van der Waals surface area contributed by atoms with Gasteiger partial charge in [0.15, 0.2) is 0 Å². The van der Waals surface area contributed by atoms with Gasteiger partial charge in [-0.25, -0.2) is 0 Å². The van der Waals surface area contributed by atoms with Crippen LogP contribution in [0.1, 0.15) is 25.7 Å². The molecule has 6 N–H and O–H groups in total. The van der Waals surface area contributed by atoms with Gasteiger partial charge in [-0.15, -0.1) is 0 Å². The average molecular weight is 410 g/mol. The van der Waals surface area contributed by atoms with Crippen LogP contribution in [0.2, 0.25) is 0 Å². The molecule has 8 heteroatoms. The molecule has 0 spiro atoms. The Kier molecular flexibility index (Phi) is 5.87. The zero-order chi connectivity index (χ0) is 21.1. The van der Waals surface area contributed by atoms with Gasteiger partial charge in [-0.2, -0.15) is 0 Å². The van der Waals surface area contributed by atoms with Gasteiger partial charge < -0.3 is 31.5 Å². The number of hydrogen-bond acceptors (Lipinski definition) is 6. The fourth-order valence-electron chi connectivity index (χ4n) is 3.98. The second-order valence-corrected chi connectivity index (χ2v) is 7.68. The van der Waals surface area contributed by atoms with E-state index in [2.05, 4.69) is 21.3 Å². The zero-order valence-electron chi connectivity index (χ0n) is 16.6. The van der Waals surface area contributed by atoms with Gasteiger partial charge in [-0.1, -0.05) is 24.3 Å². The first-order chi connectivity index (χ1) is 14.5. The summed E-state index contributed by atoms with van der Waals surface area (Å²) in [5.41, 5.74) is 1.27. The Balaban J connectivity index is 1.57. The molecule has 2 aromatic carbocycles. The lowest BCUT2D eigenvalue weighted by Crippen LogP contribution is -2.35. The molecule has 158 valence electrons. The van der Waals surface area contributed by atoms with E-state index in [1.165, 1.54) is 0 Å². The van der Waals surface area contributed by atoms with Crippen LogP contribution in [-0.4, -0.2) is 47.2 Å². The maximum Gasteiger partial charge on any atom is 0.241 e. The highest BCUT2D eigenvalue weighted by Gasteiger charge is 2.25. The third-order valence-corrected chi connectivity index (χ3v) is 5.63. The molecule has 2 aliphatic rings. The average Bonchev–Trinajstić information content (AvgIpc) is 3.45. The fourth-order valence-corrected chi connectivity index (χ4v) is 3.98. The number of phenolic OH excluding ortho intramolecular Hbond substituents is 2. The first-order valence-corrected chi connectivity index (χ1v) is 10.3. The van der Waals surface area contributed by atoms with E-state index in [-0.39, 0.29) is 46.8 Å². The smallest absolute Gasteiger partial charge is 0.241 e. The van der Waals surface area contributed by atoms with E-state index in [1.54, 1.807) is 36.4 Å². The Labute approximate surface area is 174 Å². The molecule has 30 heavy (non-hydrogen) atoms. The van der Waals surface area contributed by atoms with Crippen LogP contribution in [0.4, 0.5) is 11.4 Å². The molecule has 2 atom stereocenters. The molecule has 0 bridgehead atoms. The summed E-state index contributed by atoms with van der Waals surface area (Å²) in [6.45, 7) is 1.60. The maximum atomic E-state index is 12.4. The number of aromatic hydroxyl groups is 2. The van der Waals surface area contributed by atoms with Crippen molar-refractivity contribution in [3.05, 3.63) is 36.4 Å². The minimum atomic E-state index is -0.274. The van der Waals surface area contributed by atoms with E-state index >= 15 is 0 Å². The van der Waals surface area contributed by atoms with E-state index in [9.17, 15) is 19.8 Å². The molecule has 2 saturated heterocycles. The number of phenols is 2. The molecular formula is C22H26N4O4. The molecule has 2 unspecified atom stereocenters. The van der Waals surface area contributed by atoms with E-state index in [1.807, 2.05) is 0 Å². The van der Waals surface area contributed by atoms with Crippen molar-refractivity contribution >= 4 is 23.2 Å². The Hall–Kier alpha value is -3.10. The molecule has 2 aromatic rings. The number of rotatable bonds is 5. The Morgan fingerprint density at radius 2 is 1.20 bits per heavy atom. The minimum absolute atomic E-state index is 0.139. The quantitative estimate of drug-likeness (QED) is 0.420. The number of nitrogens with one attached hydrogen (secondary N) is 4. The van der Waals surface area contributed by atoms with Crippen LogP contribution >= 0.6 is 0 Å². The molecule has 0 aliphatic carbocycles. The molecule has 2 heterocycles. The molecule has 0 saturated carbocycles. The first kappa shape index (κ1) is 20.2. The fraction of sp³-hybridized carbons (Fsp3) is 0.364. The second-order valence-electron chi connectivity index (χ2n) is 7.68. The highest BCUT2D eigenvalue weighted by atomic mass is 16.3. The van der Waals surface area contributed by atoms with E-state index in [4.69, 9.17) is 0 Å². The standard InChI is InChI=1S/C22H26N4O4/c27-19-13(5-1-7-15(19)25-21(29)17-9-3-11-23-17)14-6-2-8-16(20(14)28)26-22(30)18-10-4-12-24-18/h1-2,5-8,17-18,23-24,27-28H,3-4,9-12H2,(H,25,29)(H,26,30). The number of carbonyl (C=O) groups excluding carboxylic acids is 2. The van der Waals surface area contributed by atoms with Crippen molar-refractivity contribution < 1.29 is 19.8 Å². The lowest BCUT2D eigenvalue weighted by molar-refractivity contribution is -0.118. The minimum Gasteiger partial charge on any atom is -0.505 e. The van der Waals surface area contributed by atoms with Crippen molar-refractivity contribution in [2.45, 2.75) is 37.8 Å². The highest BCUT2D eigenvalue weighted by molar-refractivity contribution is 6.00. The van der Waals surface area contributed by atoms with Crippen LogP contribution in [0.15, 0.2) is 36.4 Å². The van der Waals surface area contributed by atoms with Gasteiger partial charge in [-0.3, -0.25) is 9.59 Å². The van der Waals surface area contributed by atoms with Gasteiger partial charge in [0.1, 0.15) is 11.5 Å². The number of hydrogen-bond donors (Lipinski definition) is 6. The zero-order valence-corrected chi connectivity index (χ0v) is 16.6. The van der Waals surface area contributed by atoms with Gasteiger partial charge in [0.05, 0.1) is 23.5 Å². The van der Waals surface area contributed by atoms with Gasteiger partial charge >= 0.3 is 0 Å². The lowest BCUT2D eigenvalue weighted by Gasteiger charge is -2.17. The second kappa shape index (κ2) is 8.73. The number of benzene rings is 2. The van der Waals surface area contributed by atoms with Gasteiger partial charge in [0, 0.05) is 11.1 Å². The molecule has 2 amide bonds. The van der Waals surface area contributed by atoms with E-state index < -0.39 is 0 Å². The van der Waals surface area contributed by atoms with E-state index in [0.29, 0.717) is 11.1 Å². The Bertz CT molecular complexity index is 873. The van der Waals surface area contributed by atoms with Crippen LogP contribution in [0.5, 0.6) is 11.5 Å². The summed E-state index contributed by atoms with van der Waals surface area (Å²) in [5.74, 6) is -0.677. The number of amides is 2. The summed E-state index contributed by atoms with van der Waals surface area (Å²) >= 11 is 0. The maximum absolute atomic E-state index is 12.4. The molecule has 2 aliphatic heterocycles. The number of para-hydroxylation sites is 2. The SMILES string of the molecule is O=C(Nc1cccc(-c2cccc(NC(=O)C3CCCN3)c2O)c1O)C1CCCN1. The molecule has 8 nitrogen and oxygen atoms in total. The topological polar surface area (TPSA) is 123 Å². The molecule has 0 aromatic heterocycles. The summed E-state index contributed by atoms with van der Waals surface area (Å²) in [5, 5.41) is 33.3. The predicted molar refractivity (Wildman–Crippen MR) is 115 cm³/mol. The van der Waals surface area contributed by atoms with Crippen molar-refractivity contribution in [2.24, 2.45) is 0 Å². The van der Waals surface area contributed by atoms with Crippen molar-refractivity contribution in [1.29, 1.82) is 0 Å². The third kappa shape index (κ3) is 4.10. The van der Waals surface area contributed by atoms with Gasteiger partial charge in [0.25, 0.3) is 0 Å². The summed E-state index contributed by atoms with van der Waals surface area (Å²) < 4.78 is 0. The Morgan fingerprint density at radius 3 is 1.57 bits per heavy atom. The van der Waals surface area contributed by atoms with Crippen LogP contribution in [0.25, 0.3) is 11.1 Å². The Morgan fingerprint density at radius 1 is 0.767 bits per heavy atom. The van der Waals surface area contributed by atoms with Gasteiger partial charge in [-0.05, 0) is 50.9 Å².